The third-order valence-electron chi connectivity index (χ3n) is 5.05. The molecular weight excluding hydrogens is 358 g/mol. The molecule has 6 heteroatoms. The lowest BCUT2D eigenvalue weighted by atomic mass is 10.1. The number of hydrogen-bond donors (Lipinski definition) is 0. The molecule has 5 nitrogen and oxygen atoms in total. The van der Waals surface area contributed by atoms with Crippen molar-refractivity contribution in [2.75, 3.05) is 19.7 Å². The molecule has 0 unspecified atom stereocenters. The Morgan fingerprint density at radius 2 is 2.11 bits per heavy atom. The lowest BCUT2D eigenvalue weighted by molar-refractivity contribution is -0.137. The molecule has 2 aromatic rings. The molecule has 27 heavy (non-hydrogen) atoms. The summed E-state index contributed by atoms with van der Waals surface area (Å²) < 4.78 is 5.89. The normalized spacial score (nSPS) is 18.0. The predicted octanol–water partition coefficient (Wildman–Crippen LogP) is 3.48. The van der Waals surface area contributed by atoms with Gasteiger partial charge in [0.15, 0.2) is 0 Å². The van der Waals surface area contributed by atoms with E-state index in [-0.39, 0.29) is 12.0 Å². The monoisotopic (exact) mass is 387 g/mol. The molecule has 1 fully saturated rings. The fourth-order valence-corrected chi connectivity index (χ4v) is 4.14. The fourth-order valence-electron chi connectivity index (χ4n) is 3.35. The van der Waals surface area contributed by atoms with Crippen molar-refractivity contribution in [2.24, 2.45) is 0 Å². The standard InChI is InChI=1S/C21H29N3O2S/c1-16(2)23-9-10-26-19(13-23)11-21(25)24(12-18-7-5-4-6-8-18)14-20-17(3)22-15-27-20/h4-8,15-16,19H,9-14H2,1-3H3/t19-/m0/s1. The Balaban J connectivity index is 1.69. The Bertz CT molecular complexity index is 732. The van der Waals surface area contributed by atoms with Crippen molar-refractivity contribution in [1.82, 2.24) is 14.8 Å². The highest BCUT2D eigenvalue weighted by Crippen LogP contribution is 2.19. The van der Waals surface area contributed by atoms with E-state index in [0.29, 0.717) is 32.2 Å². The van der Waals surface area contributed by atoms with Gasteiger partial charge in [0, 0.05) is 30.6 Å². The summed E-state index contributed by atoms with van der Waals surface area (Å²) in [6.45, 7) is 10.1. The first-order valence-corrected chi connectivity index (χ1v) is 10.5. The average molecular weight is 388 g/mol. The van der Waals surface area contributed by atoms with Crippen molar-refractivity contribution in [3.05, 3.63) is 52.0 Å². The Morgan fingerprint density at radius 3 is 2.78 bits per heavy atom. The molecule has 0 bridgehead atoms. The summed E-state index contributed by atoms with van der Waals surface area (Å²) in [7, 11) is 0. The third kappa shape index (κ3) is 5.61. The largest absolute Gasteiger partial charge is 0.375 e. The first kappa shape index (κ1) is 20.0. The number of thiazole rings is 1. The number of nitrogens with zero attached hydrogens (tertiary/aromatic N) is 3. The van der Waals surface area contributed by atoms with Crippen LogP contribution in [-0.4, -0.2) is 52.5 Å². The number of benzene rings is 1. The highest BCUT2D eigenvalue weighted by Gasteiger charge is 2.27. The van der Waals surface area contributed by atoms with Gasteiger partial charge in [0.2, 0.25) is 5.91 Å². The molecule has 1 aliphatic rings. The van der Waals surface area contributed by atoms with E-state index in [1.165, 1.54) is 0 Å². The SMILES string of the molecule is Cc1ncsc1CN(Cc1ccccc1)C(=O)C[C@H]1CN(C(C)C)CCO1. The van der Waals surface area contributed by atoms with Crippen molar-refractivity contribution in [3.63, 3.8) is 0 Å². The molecule has 3 rings (SSSR count). The van der Waals surface area contributed by atoms with Crippen LogP contribution in [0.25, 0.3) is 0 Å². The molecule has 0 N–H and O–H groups in total. The van der Waals surface area contributed by atoms with Crippen LogP contribution >= 0.6 is 11.3 Å². The maximum Gasteiger partial charge on any atom is 0.225 e. The van der Waals surface area contributed by atoms with Crippen LogP contribution in [0, 0.1) is 6.92 Å². The van der Waals surface area contributed by atoms with E-state index in [1.807, 2.05) is 35.5 Å². The minimum atomic E-state index is -0.0329. The second-order valence-electron chi connectivity index (χ2n) is 7.38. The first-order chi connectivity index (χ1) is 13.0. The highest BCUT2D eigenvalue weighted by molar-refractivity contribution is 7.09. The third-order valence-corrected chi connectivity index (χ3v) is 5.97. The number of amides is 1. The zero-order chi connectivity index (χ0) is 19.2. The zero-order valence-corrected chi connectivity index (χ0v) is 17.2. The maximum absolute atomic E-state index is 13.1. The summed E-state index contributed by atoms with van der Waals surface area (Å²) in [5, 5.41) is 0. The second kappa shape index (κ2) is 9.44. The van der Waals surface area contributed by atoms with Crippen LogP contribution in [0.3, 0.4) is 0 Å². The highest BCUT2D eigenvalue weighted by atomic mass is 32.1. The van der Waals surface area contributed by atoms with Crippen LogP contribution in [0.4, 0.5) is 0 Å². The quantitative estimate of drug-likeness (QED) is 0.730. The second-order valence-corrected chi connectivity index (χ2v) is 8.32. The molecule has 0 spiro atoms. The van der Waals surface area contributed by atoms with Gasteiger partial charge < -0.3 is 9.64 Å². The smallest absolute Gasteiger partial charge is 0.225 e. The molecule has 1 amide bonds. The summed E-state index contributed by atoms with van der Waals surface area (Å²) >= 11 is 1.61. The summed E-state index contributed by atoms with van der Waals surface area (Å²) in [4.78, 5) is 22.9. The number of carbonyl (C=O) groups excluding carboxylic acids is 1. The molecule has 1 atom stereocenters. The number of ether oxygens (including phenoxy) is 1. The van der Waals surface area contributed by atoms with E-state index in [0.717, 1.165) is 29.2 Å². The van der Waals surface area contributed by atoms with Crippen LogP contribution in [0.2, 0.25) is 0 Å². The zero-order valence-electron chi connectivity index (χ0n) is 16.4. The van der Waals surface area contributed by atoms with E-state index >= 15 is 0 Å². The van der Waals surface area contributed by atoms with Crippen molar-refractivity contribution in [1.29, 1.82) is 0 Å². The molecule has 146 valence electrons. The molecule has 1 aromatic carbocycles. The van der Waals surface area contributed by atoms with Gasteiger partial charge in [-0.05, 0) is 26.3 Å². The Morgan fingerprint density at radius 1 is 1.33 bits per heavy atom. The summed E-state index contributed by atoms with van der Waals surface area (Å²) in [6, 6.07) is 10.6. The van der Waals surface area contributed by atoms with Gasteiger partial charge in [-0.25, -0.2) is 4.98 Å². The van der Waals surface area contributed by atoms with Gasteiger partial charge in [-0.1, -0.05) is 30.3 Å². The lowest BCUT2D eigenvalue weighted by Crippen LogP contribution is -2.47. The minimum Gasteiger partial charge on any atom is -0.375 e. The lowest BCUT2D eigenvalue weighted by Gasteiger charge is -2.36. The van der Waals surface area contributed by atoms with E-state index in [9.17, 15) is 4.79 Å². The number of aromatic nitrogens is 1. The Kier molecular flexibility index (Phi) is 6.99. The molecule has 1 aromatic heterocycles. The summed E-state index contributed by atoms with van der Waals surface area (Å²) in [5.74, 6) is 0.141. The number of rotatable bonds is 7. The molecule has 1 aliphatic heterocycles. The molecule has 0 saturated carbocycles. The first-order valence-electron chi connectivity index (χ1n) is 9.59. The van der Waals surface area contributed by atoms with E-state index in [1.54, 1.807) is 11.3 Å². The molecular formula is C21H29N3O2S. The fraction of sp³-hybridized carbons (Fsp3) is 0.524. The molecule has 1 saturated heterocycles. The molecule has 0 radical (unpaired) electrons. The van der Waals surface area contributed by atoms with Crippen LogP contribution < -0.4 is 0 Å². The topological polar surface area (TPSA) is 45.7 Å². The van der Waals surface area contributed by atoms with E-state index in [2.05, 4.69) is 35.9 Å². The molecule has 0 aliphatic carbocycles. The van der Waals surface area contributed by atoms with Crippen molar-refractivity contribution in [3.8, 4) is 0 Å². The Labute approximate surface area is 166 Å². The van der Waals surface area contributed by atoms with Crippen molar-refractivity contribution in [2.45, 2.75) is 52.4 Å². The van der Waals surface area contributed by atoms with Crippen LogP contribution in [0.15, 0.2) is 35.8 Å². The van der Waals surface area contributed by atoms with Gasteiger partial charge in [0.25, 0.3) is 0 Å². The molecule has 2 heterocycles. The van der Waals surface area contributed by atoms with Gasteiger partial charge in [-0.3, -0.25) is 9.69 Å². The maximum atomic E-state index is 13.1. The van der Waals surface area contributed by atoms with Crippen LogP contribution in [-0.2, 0) is 22.6 Å². The van der Waals surface area contributed by atoms with Gasteiger partial charge in [0.05, 0.1) is 36.9 Å². The van der Waals surface area contributed by atoms with Crippen molar-refractivity contribution >= 4 is 17.2 Å². The number of morpholine rings is 1. The van der Waals surface area contributed by atoms with E-state index in [4.69, 9.17) is 4.74 Å². The Hall–Kier alpha value is -1.76. The van der Waals surface area contributed by atoms with Gasteiger partial charge in [-0.15, -0.1) is 11.3 Å². The van der Waals surface area contributed by atoms with Gasteiger partial charge >= 0.3 is 0 Å². The van der Waals surface area contributed by atoms with E-state index < -0.39 is 0 Å². The number of aryl methyl sites for hydroxylation is 1. The van der Waals surface area contributed by atoms with Crippen molar-refractivity contribution < 1.29 is 9.53 Å². The van der Waals surface area contributed by atoms with Crippen LogP contribution in [0.1, 0.15) is 36.4 Å². The predicted molar refractivity (Wildman–Crippen MR) is 109 cm³/mol. The number of hydrogen-bond acceptors (Lipinski definition) is 5. The average Bonchev–Trinajstić information content (AvgIpc) is 3.07. The van der Waals surface area contributed by atoms with Gasteiger partial charge in [0.1, 0.15) is 0 Å². The number of carbonyl (C=O) groups is 1. The van der Waals surface area contributed by atoms with Gasteiger partial charge in [-0.2, -0.15) is 0 Å². The van der Waals surface area contributed by atoms with Crippen LogP contribution in [0.5, 0.6) is 0 Å². The summed E-state index contributed by atoms with van der Waals surface area (Å²) in [6.07, 6.45) is 0.392. The minimum absolute atomic E-state index is 0.0329. The summed E-state index contributed by atoms with van der Waals surface area (Å²) in [5.41, 5.74) is 3.99.